The monoisotopic (exact) mass is 353 g/mol. The molecule has 8 nitrogen and oxygen atoms in total. The van der Waals surface area contributed by atoms with Crippen molar-refractivity contribution in [2.75, 3.05) is 13.7 Å². The van der Waals surface area contributed by atoms with E-state index in [1.165, 1.54) is 4.31 Å². The van der Waals surface area contributed by atoms with Crippen LogP contribution in [0.3, 0.4) is 0 Å². The van der Waals surface area contributed by atoms with Gasteiger partial charge in [-0.05, 0) is 13.8 Å². The molecule has 0 amide bonds. The first-order chi connectivity index (χ1) is 11.3. The number of aromatic nitrogens is 4. The largest absolute Gasteiger partial charge is 0.383 e. The van der Waals surface area contributed by atoms with Gasteiger partial charge in [0.05, 0.1) is 42.6 Å². The van der Waals surface area contributed by atoms with Gasteiger partial charge in [-0.2, -0.15) is 9.40 Å². The summed E-state index contributed by atoms with van der Waals surface area (Å²) in [6.45, 7) is 4.08. The molecule has 9 heteroatoms. The Bertz CT molecular complexity index is 868. The van der Waals surface area contributed by atoms with E-state index in [1.54, 1.807) is 39.0 Å². The highest BCUT2D eigenvalue weighted by Crippen LogP contribution is 2.31. The first kappa shape index (κ1) is 17.1. The van der Waals surface area contributed by atoms with Gasteiger partial charge >= 0.3 is 0 Å². The fraction of sp³-hybridized carbons (Fsp3) is 0.600. The molecular formula is C15H23N5O3S. The van der Waals surface area contributed by atoms with Gasteiger partial charge in [0.25, 0.3) is 0 Å². The average Bonchev–Trinajstić information content (AvgIpc) is 2.99. The molecule has 132 valence electrons. The molecule has 0 N–H and O–H groups in total. The van der Waals surface area contributed by atoms with Crippen molar-refractivity contribution in [3.8, 4) is 0 Å². The maximum atomic E-state index is 13.3. The van der Waals surface area contributed by atoms with Gasteiger partial charge in [0.15, 0.2) is 0 Å². The van der Waals surface area contributed by atoms with Crippen molar-refractivity contribution < 1.29 is 13.2 Å². The smallest absolute Gasteiger partial charge is 0.247 e. The molecule has 3 rings (SSSR count). The van der Waals surface area contributed by atoms with Gasteiger partial charge in [0.1, 0.15) is 4.90 Å². The van der Waals surface area contributed by atoms with Crippen LogP contribution in [0.2, 0.25) is 0 Å². The minimum atomic E-state index is -3.69. The third-order valence-electron chi connectivity index (χ3n) is 4.66. The predicted molar refractivity (Wildman–Crippen MR) is 88.0 cm³/mol. The molecule has 0 spiro atoms. The quantitative estimate of drug-likeness (QED) is 0.801. The molecule has 3 heterocycles. The third-order valence-corrected chi connectivity index (χ3v) is 6.81. The van der Waals surface area contributed by atoms with Crippen LogP contribution in [0.1, 0.15) is 22.8 Å². The summed E-state index contributed by atoms with van der Waals surface area (Å²) in [6.07, 6.45) is 2.31. The molecular weight excluding hydrogens is 330 g/mol. The van der Waals surface area contributed by atoms with Crippen molar-refractivity contribution >= 4 is 10.0 Å². The maximum Gasteiger partial charge on any atom is 0.247 e. The molecule has 0 aromatic carbocycles. The van der Waals surface area contributed by atoms with E-state index >= 15 is 0 Å². The molecule has 1 aliphatic heterocycles. The number of fused-ring (bicyclic) bond motifs is 1. The van der Waals surface area contributed by atoms with Gasteiger partial charge in [-0.3, -0.25) is 4.68 Å². The second-order valence-corrected chi connectivity index (χ2v) is 8.06. The van der Waals surface area contributed by atoms with Crippen LogP contribution in [0.25, 0.3) is 0 Å². The lowest BCUT2D eigenvalue weighted by Crippen LogP contribution is -2.47. The van der Waals surface area contributed by atoms with Crippen LogP contribution in [0.15, 0.2) is 11.2 Å². The summed E-state index contributed by atoms with van der Waals surface area (Å²) in [5, 5.41) is 4.25. The topological polar surface area (TPSA) is 82.2 Å². The lowest BCUT2D eigenvalue weighted by Gasteiger charge is -2.34. The highest BCUT2D eigenvalue weighted by Gasteiger charge is 2.39. The summed E-state index contributed by atoms with van der Waals surface area (Å²) in [7, 11) is 1.58. The summed E-state index contributed by atoms with van der Waals surface area (Å²) in [4.78, 5) is 4.64. The standard InChI is InChI=1S/C15H23N5O3S/c1-10-15(11(2)19(4)17-10)24(21,22)20-7-13-14(18(3)9-16-13)6-12(20)8-23-5/h9,12H,6-8H2,1-5H3/t12-/m1/s1. The van der Waals surface area contributed by atoms with Crippen LogP contribution in [-0.2, 0) is 41.8 Å². The highest BCUT2D eigenvalue weighted by molar-refractivity contribution is 7.89. The molecule has 0 fully saturated rings. The van der Waals surface area contributed by atoms with Gasteiger partial charge < -0.3 is 9.30 Å². The van der Waals surface area contributed by atoms with Crippen LogP contribution < -0.4 is 0 Å². The van der Waals surface area contributed by atoms with Gasteiger partial charge in [-0.1, -0.05) is 0 Å². The Morgan fingerprint density at radius 2 is 2.04 bits per heavy atom. The van der Waals surface area contributed by atoms with Gasteiger partial charge in [0, 0.05) is 33.3 Å². The fourth-order valence-electron chi connectivity index (χ4n) is 3.36. The van der Waals surface area contributed by atoms with Crippen molar-refractivity contribution in [1.29, 1.82) is 0 Å². The molecule has 2 aromatic heterocycles. The number of hydrogen-bond acceptors (Lipinski definition) is 5. The van der Waals surface area contributed by atoms with E-state index in [0.717, 1.165) is 11.4 Å². The Labute approximate surface area is 142 Å². The predicted octanol–water partition coefficient (Wildman–Crippen LogP) is 0.532. The number of methoxy groups -OCH3 is 1. The molecule has 2 aromatic rings. The Hall–Kier alpha value is -1.71. The summed E-state index contributed by atoms with van der Waals surface area (Å²) in [5.74, 6) is 0. The number of sulfonamides is 1. The fourth-order valence-corrected chi connectivity index (χ4v) is 5.33. The van der Waals surface area contributed by atoms with E-state index in [9.17, 15) is 8.42 Å². The Morgan fingerprint density at radius 3 is 2.62 bits per heavy atom. The maximum absolute atomic E-state index is 13.3. The molecule has 0 bridgehead atoms. The zero-order valence-corrected chi connectivity index (χ0v) is 15.5. The van der Waals surface area contributed by atoms with E-state index in [2.05, 4.69) is 10.1 Å². The Kier molecular flexibility index (Phi) is 4.27. The van der Waals surface area contributed by atoms with E-state index in [4.69, 9.17) is 4.74 Å². The number of rotatable bonds is 4. The average molecular weight is 353 g/mol. The van der Waals surface area contributed by atoms with Crippen molar-refractivity contribution in [2.45, 2.75) is 37.8 Å². The molecule has 1 atom stereocenters. The van der Waals surface area contributed by atoms with Gasteiger partial charge in [0.2, 0.25) is 10.0 Å². The molecule has 0 aliphatic carbocycles. The second kappa shape index (κ2) is 5.98. The number of hydrogen-bond donors (Lipinski definition) is 0. The number of nitrogens with zero attached hydrogens (tertiary/aromatic N) is 5. The summed E-state index contributed by atoms with van der Waals surface area (Å²) >= 11 is 0. The van der Waals surface area contributed by atoms with Crippen molar-refractivity contribution in [2.24, 2.45) is 14.1 Å². The van der Waals surface area contributed by atoms with Crippen molar-refractivity contribution in [1.82, 2.24) is 23.6 Å². The van der Waals surface area contributed by atoms with Crippen molar-refractivity contribution in [3.05, 3.63) is 29.1 Å². The first-order valence-electron chi connectivity index (χ1n) is 7.77. The van der Waals surface area contributed by atoms with E-state index in [1.807, 2.05) is 11.6 Å². The second-order valence-electron chi connectivity index (χ2n) is 6.24. The molecule has 0 saturated heterocycles. The number of imidazole rings is 1. The zero-order valence-electron chi connectivity index (χ0n) is 14.6. The minimum Gasteiger partial charge on any atom is -0.383 e. The Balaban J connectivity index is 2.08. The SMILES string of the molecule is COC[C@H]1Cc2c(ncn2C)CN1S(=O)(=O)c1c(C)nn(C)c1C. The van der Waals surface area contributed by atoms with Crippen LogP contribution in [0, 0.1) is 13.8 Å². The van der Waals surface area contributed by atoms with Crippen LogP contribution >= 0.6 is 0 Å². The van der Waals surface area contributed by atoms with E-state index < -0.39 is 10.0 Å². The summed E-state index contributed by atoms with van der Waals surface area (Å²) in [6, 6.07) is -0.262. The number of ether oxygens (including phenoxy) is 1. The molecule has 0 radical (unpaired) electrons. The molecule has 0 saturated carbocycles. The minimum absolute atomic E-state index is 0.250. The van der Waals surface area contributed by atoms with E-state index in [-0.39, 0.29) is 17.5 Å². The first-order valence-corrected chi connectivity index (χ1v) is 9.21. The van der Waals surface area contributed by atoms with Crippen LogP contribution in [0.4, 0.5) is 0 Å². The normalized spacial score (nSPS) is 18.8. The lowest BCUT2D eigenvalue weighted by molar-refractivity contribution is 0.122. The highest BCUT2D eigenvalue weighted by atomic mass is 32.2. The van der Waals surface area contributed by atoms with Crippen LogP contribution in [-0.4, -0.2) is 51.8 Å². The molecule has 0 unspecified atom stereocenters. The summed E-state index contributed by atoms with van der Waals surface area (Å²) in [5.41, 5.74) is 3.00. The molecule has 1 aliphatic rings. The molecule has 24 heavy (non-hydrogen) atoms. The Morgan fingerprint density at radius 1 is 1.33 bits per heavy atom. The van der Waals surface area contributed by atoms with E-state index in [0.29, 0.717) is 24.4 Å². The zero-order chi connectivity index (χ0) is 17.6. The number of aryl methyl sites for hydroxylation is 3. The van der Waals surface area contributed by atoms with Crippen molar-refractivity contribution in [3.63, 3.8) is 0 Å². The van der Waals surface area contributed by atoms with Gasteiger partial charge in [-0.15, -0.1) is 0 Å². The summed E-state index contributed by atoms with van der Waals surface area (Å²) < 4.78 is 37.0. The van der Waals surface area contributed by atoms with Gasteiger partial charge in [-0.25, -0.2) is 13.4 Å². The third kappa shape index (κ3) is 2.56. The van der Waals surface area contributed by atoms with Crippen LogP contribution in [0.5, 0.6) is 0 Å². The lowest BCUT2D eigenvalue weighted by atomic mass is 10.1.